The number of alkyl halides is 4. The molecule has 2 saturated heterocycles. The van der Waals surface area contributed by atoms with Crippen molar-refractivity contribution in [1.82, 2.24) is 24.8 Å². The van der Waals surface area contributed by atoms with E-state index >= 15 is 0 Å². The average molecular weight is 624 g/mol. The predicted octanol–water partition coefficient (Wildman–Crippen LogP) is 5.43. The number of likely N-dealkylation sites (N-methyl/N-ethyl adjacent to an activating group) is 1. The number of nitrogens with one attached hydrogen (secondary N) is 2. The van der Waals surface area contributed by atoms with Gasteiger partial charge in [-0.2, -0.15) is 13.2 Å². The Morgan fingerprint density at radius 1 is 0.978 bits per heavy atom. The maximum absolute atomic E-state index is 13.9. The van der Waals surface area contributed by atoms with Crippen LogP contribution in [0.15, 0.2) is 48.9 Å². The molecule has 0 spiro atoms. The Morgan fingerprint density at radius 3 is 2.60 bits per heavy atom. The molecule has 1 amide bonds. The van der Waals surface area contributed by atoms with Gasteiger partial charge in [-0.3, -0.25) is 4.79 Å². The van der Waals surface area contributed by atoms with Gasteiger partial charge in [0.2, 0.25) is 5.95 Å². The molecule has 2 aromatic heterocycles. The first-order valence-electron chi connectivity index (χ1n) is 14.7. The Bertz CT molecular complexity index is 1720. The third kappa shape index (κ3) is 6.90. The van der Waals surface area contributed by atoms with Crippen molar-refractivity contribution < 1.29 is 22.4 Å². The molecule has 10 nitrogen and oxygen atoms in total. The molecule has 0 bridgehead atoms. The maximum atomic E-state index is 13.9. The average Bonchev–Trinajstić information content (AvgIpc) is 3.33. The molecule has 236 valence electrons. The maximum Gasteiger partial charge on any atom is 0.416 e. The summed E-state index contributed by atoms with van der Waals surface area (Å²) in [6.07, 6.45) is -1.38. The lowest BCUT2D eigenvalue weighted by molar-refractivity contribution is -0.137. The van der Waals surface area contributed by atoms with Crippen LogP contribution < -0.4 is 20.4 Å². The number of halogens is 4. The van der Waals surface area contributed by atoms with Crippen molar-refractivity contribution in [3.05, 3.63) is 65.6 Å². The fraction of sp³-hybridized carbons (Fsp3) is 0.387. The monoisotopic (exact) mass is 623 g/mol. The van der Waals surface area contributed by atoms with Crippen LogP contribution in [-0.4, -0.2) is 83.2 Å². The number of hydrogen-bond donors (Lipinski definition) is 2. The summed E-state index contributed by atoms with van der Waals surface area (Å²) in [5.41, 5.74) is 2.12. The minimum Gasteiger partial charge on any atom is -0.370 e. The fourth-order valence-corrected chi connectivity index (χ4v) is 5.55. The quantitative estimate of drug-likeness (QED) is 0.272. The Hall–Kier alpha value is -4.59. The second kappa shape index (κ2) is 12.4. The van der Waals surface area contributed by atoms with Crippen molar-refractivity contribution in [3.8, 4) is 0 Å². The first-order chi connectivity index (χ1) is 21.5. The molecular weight excluding hydrogens is 590 g/mol. The van der Waals surface area contributed by atoms with Crippen LogP contribution in [0.4, 0.5) is 46.4 Å². The van der Waals surface area contributed by atoms with Gasteiger partial charge in [-0.1, -0.05) is 6.07 Å². The van der Waals surface area contributed by atoms with Crippen LogP contribution in [0.1, 0.15) is 34.3 Å². The summed E-state index contributed by atoms with van der Waals surface area (Å²) in [7, 11) is 1.99. The van der Waals surface area contributed by atoms with Gasteiger partial charge >= 0.3 is 6.18 Å². The SMILES string of the molecule is Cc1ccc(C(=O)Nc2cc(N3CCCN(C)CC3)cc(C(F)(F)F)c2)cc1Nc1ncnc2cnc(N3CC[C@H](F)C3)nc12. The third-order valence-electron chi connectivity index (χ3n) is 8.12. The van der Waals surface area contributed by atoms with Gasteiger partial charge in [0.05, 0.1) is 18.3 Å². The van der Waals surface area contributed by atoms with Crippen LogP contribution in [0.2, 0.25) is 0 Å². The molecule has 0 saturated carbocycles. The summed E-state index contributed by atoms with van der Waals surface area (Å²) < 4.78 is 55.4. The predicted molar refractivity (Wildman–Crippen MR) is 165 cm³/mol. The smallest absolute Gasteiger partial charge is 0.370 e. The van der Waals surface area contributed by atoms with Gasteiger partial charge in [-0.15, -0.1) is 0 Å². The van der Waals surface area contributed by atoms with Gasteiger partial charge in [0.15, 0.2) is 5.82 Å². The van der Waals surface area contributed by atoms with Crippen LogP contribution in [0.3, 0.4) is 0 Å². The molecule has 0 unspecified atom stereocenters. The summed E-state index contributed by atoms with van der Waals surface area (Å²) in [6.45, 7) is 5.34. The standard InChI is InChI=1S/C31H33F4N9O/c1-19-4-5-20(12-25(19)40-28-27-26(37-18-38-28)16-36-30(41-27)44-9-6-22(32)17-44)29(45)39-23-13-21(31(33,34)35)14-24(15-23)43-8-3-7-42(2)10-11-43/h4-5,12-16,18,22H,3,6-11,17H2,1-2H3,(H,39,45)(H,37,38,40)/t22-/m0/s1. The van der Waals surface area contributed by atoms with Crippen molar-refractivity contribution in [2.75, 3.05) is 66.7 Å². The number of aromatic nitrogens is 4. The van der Waals surface area contributed by atoms with E-state index in [-0.39, 0.29) is 17.8 Å². The molecule has 2 aliphatic rings. The number of aryl methyl sites for hydroxylation is 1. The van der Waals surface area contributed by atoms with E-state index in [1.54, 1.807) is 35.4 Å². The van der Waals surface area contributed by atoms with Gasteiger partial charge < -0.3 is 25.3 Å². The lowest BCUT2D eigenvalue weighted by atomic mass is 10.1. The number of nitrogens with zero attached hydrogens (tertiary/aromatic N) is 7. The first kappa shape index (κ1) is 30.4. The number of carbonyl (C=O) groups excluding carboxylic acids is 1. The van der Waals surface area contributed by atoms with E-state index in [2.05, 4.69) is 35.5 Å². The third-order valence-corrected chi connectivity index (χ3v) is 8.12. The Balaban J connectivity index is 1.26. The molecule has 6 rings (SSSR count). The van der Waals surface area contributed by atoms with Crippen LogP contribution in [-0.2, 0) is 6.18 Å². The van der Waals surface area contributed by atoms with E-state index in [9.17, 15) is 22.4 Å². The zero-order chi connectivity index (χ0) is 31.7. The van der Waals surface area contributed by atoms with Gasteiger partial charge in [0.1, 0.15) is 23.5 Å². The molecule has 0 radical (unpaired) electrons. The van der Waals surface area contributed by atoms with Gasteiger partial charge in [-0.25, -0.2) is 24.3 Å². The van der Waals surface area contributed by atoms with Crippen molar-refractivity contribution >= 4 is 45.8 Å². The van der Waals surface area contributed by atoms with Crippen LogP contribution in [0.5, 0.6) is 0 Å². The van der Waals surface area contributed by atoms with Crippen molar-refractivity contribution in [3.63, 3.8) is 0 Å². The summed E-state index contributed by atoms with van der Waals surface area (Å²) in [5.74, 6) is 0.176. The molecule has 4 heterocycles. The normalized spacial score (nSPS) is 17.9. The van der Waals surface area contributed by atoms with Gasteiger partial charge in [0.25, 0.3) is 5.91 Å². The highest BCUT2D eigenvalue weighted by atomic mass is 19.4. The second-order valence-corrected chi connectivity index (χ2v) is 11.5. The zero-order valence-electron chi connectivity index (χ0n) is 24.9. The second-order valence-electron chi connectivity index (χ2n) is 11.5. The van der Waals surface area contributed by atoms with Gasteiger partial charge in [0, 0.05) is 48.8 Å². The summed E-state index contributed by atoms with van der Waals surface area (Å²) in [4.78, 5) is 36.7. The van der Waals surface area contributed by atoms with E-state index in [0.717, 1.165) is 37.2 Å². The number of anilines is 5. The molecule has 2 fully saturated rings. The van der Waals surface area contributed by atoms with Crippen LogP contribution in [0.25, 0.3) is 11.0 Å². The summed E-state index contributed by atoms with van der Waals surface area (Å²) in [6, 6.07) is 8.62. The first-order valence-corrected chi connectivity index (χ1v) is 14.7. The minimum atomic E-state index is -4.58. The Kier molecular flexibility index (Phi) is 8.40. The van der Waals surface area contributed by atoms with E-state index in [1.807, 2.05) is 18.9 Å². The molecule has 0 aliphatic carbocycles. The number of rotatable bonds is 6. The van der Waals surface area contributed by atoms with Crippen molar-refractivity contribution in [1.29, 1.82) is 0 Å². The van der Waals surface area contributed by atoms with Crippen molar-refractivity contribution in [2.45, 2.75) is 32.1 Å². The molecule has 14 heteroatoms. The van der Waals surface area contributed by atoms with Gasteiger partial charge in [-0.05, 0) is 69.3 Å². The molecule has 4 aromatic rings. The molecule has 2 aliphatic heterocycles. The number of fused-ring (bicyclic) bond motifs is 1. The summed E-state index contributed by atoms with van der Waals surface area (Å²) in [5, 5.41) is 5.89. The van der Waals surface area contributed by atoms with Crippen LogP contribution in [0, 0.1) is 6.92 Å². The largest absolute Gasteiger partial charge is 0.416 e. The van der Waals surface area contributed by atoms with E-state index in [0.29, 0.717) is 60.2 Å². The van der Waals surface area contributed by atoms with Crippen LogP contribution >= 0.6 is 0 Å². The highest BCUT2D eigenvalue weighted by Gasteiger charge is 2.32. The Labute approximate surface area is 257 Å². The number of carbonyl (C=O) groups is 1. The number of amides is 1. The number of benzene rings is 2. The lowest BCUT2D eigenvalue weighted by Gasteiger charge is -2.25. The van der Waals surface area contributed by atoms with E-state index in [4.69, 9.17) is 0 Å². The molecule has 1 atom stereocenters. The molecule has 2 aromatic carbocycles. The molecule has 45 heavy (non-hydrogen) atoms. The summed E-state index contributed by atoms with van der Waals surface area (Å²) >= 11 is 0. The van der Waals surface area contributed by atoms with E-state index < -0.39 is 23.8 Å². The fourth-order valence-electron chi connectivity index (χ4n) is 5.55. The van der Waals surface area contributed by atoms with Crippen molar-refractivity contribution in [2.24, 2.45) is 0 Å². The lowest BCUT2D eigenvalue weighted by Crippen LogP contribution is -2.29. The topological polar surface area (TPSA) is 102 Å². The highest BCUT2D eigenvalue weighted by Crippen LogP contribution is 2.35. The van der Waals surface area contributed by atoms with E-state index in [1.165, 1.54) is 6.33 Å². The zero-order valence-corrected chi connectivity index (χ0v) is 24.9. The highest BCUT2D eigenvalue weighted by molar-refractivity contribution is 6.05. The minimum absolute atomic E-state index is 0.0564. The Morgan fingerprint density at radius 2 is 1.82 bits per heavy atom. The molecule has 2 N–H and O–H groups in total. The number of hydrogen-bond acceptors (Lipinski definition) is 9. The molecular formula is C31H33F4N9O.